The Kier molecular flexibility index (Phi) is 3.61. The number of aromatic nitrogens is 1. The first-order valence-electron chi connectivity index (χ1n) is 4.71. The number of carbonyl (C=O) groups is 1. The van der Waals surface area contributed by atoms with Gasteiger partial charge in [0.05, 0.1) is 10.5 Å². The number of carboxylic acids is 1. The molecule has 1 N–H and O–H groups in total. The van der Waals surface area contributed by atoms with E-state index in [4.69, 9.17) is 21.4 Å². The first kappa shape index (κ1) is 11.9. The molecule has 0 saturated carbocycles. The van der Waals surface area contributed by atoms with Crippen molar-refractivity contribution in [3.63, 3.8) is 0 Å². The summed E-state index contributed by atoms with van der Waals surface area (Å²) in [6.07, 6.45) is 1.39. The van der Waals surface area contributed by atoms with Crippen LogP contribution in [0.2, 0.25) is 4.34 Å². The second-order valence-corrected chi connectivity index (χ2v) is 4.98. The Bertz CT molecular complexity index is 524. The number of aromatic carboxylic acids is 1. The molecule has 0 amide bonds. The molecule has 0 unspecified atom stereocenters. The minimum absolute atomic E-state index is 0.00322. The van der Waals surface area contributed by atoms with Gasteiger partial charge in [-0.1, -0.05) is 11.6 Å². The van der Waals surface area contributed by atoms with E-state index in [1.807, 2.05) is 6.07 Å². The third-order valence-corrected chi connectivity index (χ3v) is 3.17. The van der Waals surface area contributed by atoms with Crippen molar-refractivity contribution in [2.24, 2.45) is 0 Å². The SMILES string of the molecule is O=C(O)c1ccc(OCc2ccc(Cl)s2)cn1. The molecular weight excluding hydrogens is 262 g/mol. The highest BCUT2D eigenvalue weighted by Gasteiger charge is 2.04. The lowest BCUT2D eigenvalue weighted by atomic mass is 10.3. The van der Waals surface area contributed by atoms with Crippen LogP contribution in [0.3, 0.4) is 0 Å². The predicted octanol–water partition coefficient (Wildman–Crippen LogP) is 3.07. The second-order valence-electron chi connectivity index (χ2n) is 3.18. The van der Waals surface area contributed by atoms with E-state index in [-0.39, 0.29) is 5.69 Å². The summed E-state index contributed by atoms with van der Waals surface area (Å²) >= 11 is 7.22. The summed E-state index contributed by atoms with van der Waals surface area (Å²) in [5.41, 5.74) is -0.00322. The van der Waals surface area contributed by atoms with E-state index in [1.54, 1.807) is 12.1 Å². The lowest BCUT2D eigenvalue weighted by Gasteiger charge is -2.03. The Hall–Kier alpha value is -1.59. The summed E-state index contributed by atoms with van der Waals surface area (Å²) < 4.78 is 6.15. The Morgan fingerprint density at radius 1 is 1.41 bits per heavy atom. The average Bonchev–Trinajstić information content (AvgIpc) is 2.73. The monoisotopic (exact) mass is 269 g/mol. The topological polar surface area (TPSA) is 59.4 Å². The van der Waals surface area contributed by atoms with Gasteiger partial charge in [-0.05, 0) is 24.3 Å². The highest BCUT2D eigenvalue weighted by molar-refractivity contribution is 7.16. The van der Waals surface area contributed by atoms with Gasteiger partial charge in [-0.15, -0.1) is 11.3 Å². The van der Waals surface area contributed by atoms with Crippen LogP contribution in [0, 0.1) is 0 Å². The minimum Gasteiger partial charge on any atom is -0.486 e. The molecule has 6 heteroatoms. The van der Waals surface area contributed by atoms with E-state index < -0.39 is 5.97 Å². The van der Waals surface area contributed by atoms with Crippen molar-refractivity contribution in [1.29, 1.82) is 0 Å². The van der Waals surface area contributed by atoms with E-state index in [0.717, 1.165) is 4.88 Å². The van der Waals surface area contributed by atoms with Crippen LogP contribution in [0.25, 0.3) is 0 Å². The molecule has 0 saturated heterocycles. The van der Waals surface area contributed by atoms with Gasteiger partial charge in [0.1, 0.15) is 18.1 Å². The molecule has 2 aromatic heterocycles. The molecule has 4 nitrogen and oxygen atoms in total. The van der Waals surface area contributed by atoms with Crippen LogP contribution in [0.4, 0.5) is 0 Å². The molecule has 17 heavy (non-hydrogen) atoms. The fourth-order valence-electron chi connectivity index (χ4n) is 1.18. The number of hydrogen-bond donors (Lipinski definition) is 1. The maximum absolute atomic E-state index is 10.6. The lowest BCUT2D eigenvalue weighted by Crippen LogP contribution is -2.00. The summed E-state index contributed by atoms with van der Waals surface area (Å²) in [7, 11) is 0. The zero-order chi connectivity index (χ0) is 12.3. The molecule has 2 aromatic rings. The maximum atomic E-state index is 10.6. The van der Waals surface area contributed by atoms with Gasteiger partial charge in [0.25, 0.3) is 0 Å². The molecule has 0 spiro atoms. The van der Waals surface area contributed by atoms with Gasteiger partial charge in [-0.3, -0.25) is 0 Å². The van der Waals surface area contributed by atoms with Gasteiger partial charge >= 0.3 is 5.97 Å². The quantitative estimate of drug-likeness (QED) is 0.927. The van der Waals surface area contributed by atoms with Crippen LogP contribution in [0.1, 0.15) is 15.4 Å². The van der Waals surface area contributed by atoms with Crippen molar-refractivity contribution in [3.05, 3.63) is 45.4 Å². The second kappa shape index (κ2) is 5.16. The van der Waals surface area contributed by atoms with Gasteiger partial charge < -0.3 is 9.84 Å². The molecule has 0 bridgehead atoms. The van der Waals surface area contributed by atoms with E-state index in [0.29, 0.717) is 16.7 Å². The number of carboxylic acid groups (broad SMARTS) is 1. The number of rotatable bonds is 4. The van der Waals surface area contributed by atoms with Crippen LogP contribution in [-0.2, 0) is 6.61 Å². The summed E-state index contributed by atoms with van der Waals surface area (Å²) in [6, 6.07) is 6.66. The Labute approximate surface area is 106 Å². The van der Waals surface area contributed by atoms with Crippen molar-refractivity contribution in [3.8, 4) is 5.75 Å². The molecule has 0 fully saturated rings. The van der Waals surface area contributed by atoms with Gasteiger partial charge in [-0.25, -0.2) is 9.78 Å². The van der Waals surface area contributed by atoms with Crippen molar-refractivity contribution >= 4 is 28.9 Å². The molecule has 0 aliphatic rings. The van der Waals surface area contributed by atoms with Crippen molar-refractivity contribution in [2.45, 2.75) is 6.61 Å². The van der Waals surface area contributed by atoms with Crippen LogP contribution in [0.5, 0.6) is 5.75 Å². The maximum Gasteiger partial charge on any atom is 0.354 e. The zero-order valence-electron chi connectivity index (χ0n) is 8.59. The minimum atomic E-state index is -1.05. The van der Waals surface area contributed by atoms with Crippen molar-refractivity contribution < 1.29 is 14.6 Å². The van der Waals surface area contributed by atoms with Crippen LogP contribution in [-0.4, -0.2) is 16.1 Å². The third kappa shape index (κ3) is 3.18. The van der Waals surface area contributed by atoms with Crippen LogP contribution >= 0.6 is 22.9 Å². The average molecular weight is 270 g/mol. The molecule has 88 valence electrons. The predicted molar refractivity (Wildman–Crippen MR) is 64.9 cm³/mol. The molecular formula is C11H8ClNO3S. The molecule has 0 radical (unpaired) electrons. The third-order valence-electron chi connectivity index (χ3n) is 1.97. The lowest BCUT2D eigenvalue weighted by molar-refractivity contribution is 0.0690. The normalized spacial score (nSPS) is 10.2. The first-order valence-corrected chi connectivity index (χ1v) is 5.91. The van der Waals surface area contributed by atoms with E-state index in [9.17, 15) is 4.79 Å². The van der Waals surface area contributed by atoms with E-state index in [2.05, 4.69) is 4.98 Å². The largest absolute Gasteiger partial charge is 0.486 e. The Morgan fingerprint density at radius 2 is 2.24 bits per heavy atom. The number of ether oxygens (including phenoxy) is 1. The molecule has 2 heterocycles. The van der Waals surface area contributed by atoms with Gasteiger partial charge in [0.15, 0.2) is 0 Å². The number of pyridine rings is 1. The summed E-state index contributed by atoms with van der Waals surface area (Å²) in [6.45, 7) is 0.394. The van der Waals surface area contributed by atoms with E-state index >= 15 is 0 Å². The molecule has 0 atom stereocenters. The van der Waals surface area contributed by atoms with Gasteiger partial charge in [0.2, 0.25) is 0 Å². The summed E-state index contributed by atoms with van der Waals surface area (Å²) in [5, 5.41) is 8.67. The van der Waals surface area contributed by atoms with E-state index in [1.165, 1.54) is 23.6 Å². The Morgan fingerprint density at radius 3 is 2.76 bits per heavy atom. The number of halogens is 1. The fourth-order valence-corrected chi connectivity index (χ4v) is 2.18. The van der Waals surface area contributed by atoms with Crippen molar-refractivity contribution in [1.82, 2.24) is 4.98 Å². The highest BCUT2D eigenvalue weighted by atomic mass is 35.5. The number of nitrogens with zero attached hydrogens (tertiary/aromatic N) is 1. The Balaban J connectivity index is 1.97. The van der Waals surface area contributed by atoms with Crippen LogP contribution < -0.4 is 4.74 Å². The van der Waals surface area contributed by atoms with Crippen molar-refractivity contribution in [2.75, 3.05) is 0 Å². The molecule has 0 aliphatic carbocycles. The first-order chi connectivity index (χ1) is 8.15. The summed E-state index contributed by atoms with van der Waals surface area (Å²) in [4.78, 5) is 15.3. The fraction of sp³-hybridized carbons (Fsp3) is 0.0909. The molecule has 2 rings (SSSR count). The standard InChI is InChI=1S/C11H8ClNO3S/c12-10-4-2-8(17-10)6-16-7-1-3-9(11(14)15)13-5-7/h1-5H,6H2,(H,14,15). The zero-order valence-corrected chi connectivity index (χ0v) is 10.2. The van der Waals surface area contributed by atoms with Gasteiger partial charge in [0, 0.05) is 4.88 Å². The molecule has 0 aromatic carbocycles. The van der Waals surface area contributed by atoms with Crippen LogP contribution in [0.15, 0.2) is 30.5 Å². The molecule has 0 aliphatic heterocycles. The summed E-state index contributed by atoms with van der Waals surface area (Å²) in [5.74, 6) is -0.527. The number of hydrogen-bond acceptors (Lipinski definition) is 4. The number of thiophene rings is 1. The van der Waals surface area contributed by atoms with Gasteiger partial charge in [-0.2, -0.15) is 0 Å². The highest BCUT2D eigenvalue weighted by Crippen LogP contribution is 2.22. The smallest absolute Gasteiger partial charge is 0.354 e.